The van der Waals surface area contributed by atoms with Crippen LogP contribution in [0, 0.1) is 5.92 Å². The zero-order valence-electron chi connectivity index (χ0n) is 12.8. The summed E-state index contributed by atoms with van der Waals surface area (Å²) in [6.45, 7) is 1.90. The molecule has 2 fully saturated rings. The monoisotopic (exact) mass is 293 g/mol. The van der Waals surface area contributed by atoms with Crippen molar-refractivity contribution in [2.45, 2.75) is 63.5 Å². The van der Waals surface area contributed by atoms with Gasteiger partial charge in [0.1, 0.15) is 0 Å². The number of morpholine rings is 1. The number of ether oxygens (including phenoxy) is 1. The van der Waals surface area contributed by atoms with Crippen molar-refractivity contribution in [1.82, 2.24) is 4.90 Å². The molecule has 3 aliphatic rings. The summed E-state index contributed by atoms with van der Waals surface area (Å²) in [5, 5.41) is 10.2. The van der Waals surface area contributed by atoms with Crippen LogP contribution in [0.2, 0.25) is 0 Å². The highest BCUT2D eigenvalue weighted by molar-refractivity contribution is 5.79. The van der Waals surface area contributed by atoms with Crippen LogP contribution in [0.5, 0.6) is 0 Å². The normalized spacial score (nSPS) is 33.9. The van der Waals surface area contributed by atoms with Crippen molar-refractivity contribution in [3.8, 4) is 0 Å². The molecule has 1 heterocycles. The molecule has 1 amide bonds. The molecule has 2 aliphatic carbocycles. The molecular formula is C17H27NO3. The highest BCUT2D eigenvalue weighted by atomic mass is 16.5. The molecule has 3 rings (SSSR count). The largest absolute Gasteiger partial charge is 0.393 e. The van der Waals surface area contributed by atoms with Gasteiger partial charge < -0.3 is 14.7 Å². The minimum atomic E-state index is -0.263. The fourth-order valence-electron chi connectivity index (χ4n) is 4.07. The van der Waals surface area contributed by atoms with Gasteiger partial charge in [-0.3, -0.25) is 4.79 Å². The van der Waals surface area contributed by atoms with Crippen LogP contribution in [0.4, 0.5) is 0 Å². The molecule has 1 aliphatic heterocycles. The number of aliphatic hydroxyl groups is 1. The number of carbonyl (C=O) groups is 1. The smallest absolute Gasteiger partial charge is 0.227 e. The van der Waals surface area contributed by atoms with E-state index < -0.39 is 0 Å². The van der Waals surface area contributed by atoms with Crippen LogP contribution < -0.4 is 0 Å². The minimum Gasteiger partial charge on any atom is -0.393 e. The first-order valence-corrected chi connectivity index (χ1v) is 8.49. The summed E-state index contributed by atoms with van der Waals surface area (Å²) in [6, 6.07) is 0.0768. The maximum absolute atomic E-state index is 12.7. The Kier molecular flexibility index (Phi) is 4.96. The second-order valence-corrected chi connectivity index (χ2v) is 6.68. The van der Waals surface area contributed by atoms with E-state index in [9.17, 15) is 9.90 Å². The summed E-state index contributed by atoms with van der Waals surface area (Å²) in [7, 11) is 0. The molecule has 0 bridgehead atoms. The first kappa shape index (κ1) is 15.0. The summed E-state index contributed by atoms with van der Waals surface area (Å²) in [6.07, 6.45) is 10.2. The predicted octanol–water partition coefficient (Wildman–Crippen LogP) is 2.27. The molecule has 1 N–H and O–H groups in total. The third-order valence-corrected chi connectivity index (χ3v) is 5.27. The number of rotatable bonds is 3. The molecule has 21 heavy (non-hydrogen) atoms. The Bertz CT molecular complexity index is 407. The van der Waals surface area contributed by atoms with Crippen LogP contribution in [0.15, 0.2) is 11.6 Å². The van der Waals surface area contributed by atoms with Gasteiger partial charge >= 0.3 is 0 Å². The maximum atomic E-state index is 12.7. The second-order valence-electron chi connectivity index (χ2n) is 6.68. The molecule has 4 nitrogen and oxygen atoms in total. The molecule has 1 saturated heterocycles. The zero-order valence-corrected chi connectivity index (χ0v) is 12.8. The molecule has 0 aromatic rings. The average molecular weight is 293 g/mol. The molecule has 4 heteroatoms. The zero-order chi connectivity index (χ0) is 14.7. The van der Waals surface area contributed by atoms with E-state index in [4.69, 9.17) is 4.74 Å². The van der Waals surface area contributed by atoms with Gasteiger partial charge in [-0.2, -0.15) is 0 Å². The van der Waals surface area contributed by atoms with Crippen molar-refractivity contribution in [3.63, 3.8) is 0 Å². The van der Waals surface area contributed by atoms with E-state index in [2.05, 4.69) is 6.08 Å². The molecule has 0 unspecified atom stereocenters. The fourth-order valence-corrected chi connectivity index (χ4v) is 4.07. The predicted molar refractivity (Wildman–Crippen MR) is 80.8 cm³/mol. The van der Waals surface area contributed by atoms with Crippen LogP contribution >= 0.6 is 0 Å². The summed E-state index contributed by atoms with van der Waals surface area (Å²) in [4.78, 5) is 14.7. The van der Waals surface area contributed by atoms with Gasteiger partial charge in [0.2, 0.25) is 5.91 Å². The first-order chi connectivity index (χ1) is 10.3. The molecule has 0 radical (unpaired) electrons. The Morgan fingerprint density at radius 3 is 2.95 bits per heavy atom. The van der Waals surface area contributed by atoms with E-state index in [1.165, 1.54) is 18.4 Å². The van der Waals surface area contributed by atoms with E-state index in [1.807, 2.05) is 4.90 Å². The first-order valence-electron chi connectivity index (χ1n) is 8.49. The van der Waals surface area contributed by atoms with Crippen LogP contribution in [-0.4, -0.2) is 47.8 Å². The number of hydrogen-bond donors (Lipinski definition) is 1. The standard InChI is InChI=1S/C17H27NO3/c19-16-8-4-7-14(16)15-12-21-10-9-18(15)17(20)11-13-5-2-1-3-6-13/h5,14-16,19H,1-4,6-12H2/t14-,15+,16+/m0/s1. The maximum Gasteiger partial charge on any atom is 0.227 e. The lowest BCUT2D eigenvalue weighted by atomic mass is 9.92. The molecule has 0 aromatic heterocycles. The van der Waals surface area contributed by atoms with Gasteiger partial charge in [0.15, 0.2) is 0 Å². The van der Waals surface area contributed by atoms with Gasteiger partial charge in [-0.15, -0.1) is 0 Å². The van der Waals surface area contributed by atoms with Crippen molar-refractivity contribution < 1.29 is 14.6 Å². The van der Waals surface area contributed by atoms with Crippen LogP contribution in [0.1, 0.15) is 51.4 Å². The number of carbonyl (C=O) groups excluding carboxylic acids is 1. The molecule has 1 saturated carbocycles. The molecule has 0 spiro atoms. The quantitative estimate of drug-likeness (QED) is 0.812. The topological polar surface area (TPSA) is 49.8 Å². The van der Waals surface area contributed by atoms with Crippen molar-refractivity contribution in [3.05, 3.63) is 11.6 Å². The lowest BCUT2D eigenvalue weighted by molar-refractivity contribution is -0.143. The molecule has 3 atom stereocenters. The van der Waals surface area contributed by atoms with E-state index in [1.54, 1.807) is 0 Å². The van der Waals surface area contributed by atoms with Gasteiger partial charge in [-0.05, 0) is 38.5 Å². The van der Waals surface area contributed by atoms with Gasteiger partial charge in [0.05, 0.1) is 25.4 Å². The van der Waals surface area contributed by atoms with Crippen LogP contribution in [0.3, 0.4) is 0 Å². The van der Waals surface area contributed by atoms with Gasteiger partial charge in [-0.1, -0.05) is 18.1 Å². The third kappa shape index (κ3) is 3.49. The highest BCUT2D eigenvalue weighted by Gasteiger charge is 2.39. The molecular weight excluding hydrogens is 266 g/mol. The fraction of sp³-hybridized carbons (Fsp3) is 0.824. The third-order valence-electron chi connectivity index (χ3n) is 5.27. The van der Waals surface area contributed by atoms with Crippen molar-refractivity contribution in [1.29, 1.82) is 0 Å². The van der Waals surface area contributed by atoms with E-state index >= 15 is 0 Å². The van der Waals surface area contributed by atoms with Crippen LogP contribution in [0.25, 0.3) is 0 Å². The Balaban J connectivity index is 1.65. The van der Waals surface area contributed by atoms with Crippen molar-refractivity contribution in [2.24, 2.45) is 5.92 Å². The van der Waals surface area contributed by atoms with E-state index in [-0.39, 0.29) is 24.0 Å². The second kappa shape index (κ2) is 6.93. The summed E-state index contributed by atoms with van der Waals surface area (Å²) >= 11 is 0. The molecule has 118 valence electrons. The highest BCUT2D eigenvalue weighted by Crippen LogP contribution is 2.33. The van der Waals surface area contributed by atoms with Crippen molar-refractivity contribution in [2.75, 3.05) is 19.8 Å². The Morgan fingerprint density at radius 2 is 2.24 bits per heavy atom. The Morgan fingerprint density at radius 1 is 1.33 bits per heavy atom. The SMILES string of the molecule is O=C(CC1=CCCCC1)N1CCOC[C@@H]1[C@@H]1CCC[C@H]1O. The Labute approximate surface area is 127 Å². The number of hydrogen-bond acceptors (Lipinski definition) is 3. The lowest BCUT2D eigenvalue weighted by Gasteiger charge is -2.40. The number of allylic oxidation sites excluding steroid dienone is 1. The number of nitrogens with zero attached hydrogens (tertiary/aromatic N) is 1. The van der Waals surface area contributed by atoms with Gasteiger partial charge in [0, 0.05) is 18.9 Å². The number of aliphatic hydroxyl groups excluding tert-OH is 1. The van der Waals surface area contributed by atoms with Gasteiger partial charge in [0.25, 0.3) is 0 Å². The van der Waals surface area contributed by atoms with Crippen molar-refractivity contribution >= 4 is 5.91 Å². The average Bonchev–Trinajstić information content (AvgIpc) is 2.94. The lowest BCUT2D eigenvalue weighted by Crippen LogP contribution is -2.53. The minimum absolute atomic E-state index is 0.0768. The summed E-state index contributed by atoms with van der Waals surface area (Å²) < 4.78 is 5.59. The number of amides is 1. The van der Waals surface area contributed by atoms with E-state index in [0.29, 0.717) is 26.2 Å². The Hall–Kier alpha value is -0.870. The summed E-state index contributed by atoms with van der Waals surface area (Å²) in [5.41, 5.74) is 1.31. The molecule has 0 aromatic carbocycles. The van der Waals surface area contributed by atoms with E-state index in [0.717, 1.165) is 32.1 Å². The summed E-state index contributed by atoms with van der Waals surface area (Å²) in [5.74, 6) is 0.435. The van der Waals surface area contributed by atoms with Gasteiger partial charge in [-0.25, -0.2) is 0 Å². The van der Waals surface area contributed by atoms with Crippen LogP contribution in [-0.2, 0) is 9.53 Å².